The van der Waals surface area contributed by atoms with Crippen molar-refractivity contribution in [1.29, 1.82) is 0 Å². The van der Waals surface area contributed by atoms with Crippen molar-refractivity contribution in [2.45, 2.75) is 32.2 Å². The number of piperazine rings is 1. The van der Waals surface area contributed by atoms with Crippen molar-refractivity contribution in [3.05, 3.63) is 17.7 Å². The minimum Gasteiger partial charge on any atom is -0.504 e. The molecule has 0 saturated carbocycles. The molecule has 5 nitrogen and oxygen atoms in total. The van der Waals surface area contributed by atoms with Gasteiger partial charge in [-0.3, -0.25) is 4.90 Å². The van der Waals surface area contributed by atoms with Gasteiger partial charge < -0.3 is 20.6 Å². The number of nitrogens with zero attached hydrogens (tertiary/aromatic N) is 1. The Bertz CT molecular complexity index is 455. The van der Waals surface area contributed by atoms with Crippen LogP contribution in [0.2, 0.25) is 0 Å². The molecule has 128 valence electrons. The first-order chi connectivity index (χ1) is 9.65. The molecule has 1 aliphatic heterocycles. The van der Waals surface area contributed by atoms with Gasteiger partial charge in [0.2, 0.25) is 5.75 Å². The first kappa shape index (κ1) is 21.1. The number of benzene rings is 1. The van der Waals surface area contributed by atoms with Crippen LogP contribution in [-0.2, 0) is 0 Å². The maximum atomic E-state index is 10.1. The zero-order valence-corrected chi connectivity index (χ0v) is 14.4. The average molecular weight is 353 g/mol. The lowest BCUT2D eigenvalue weighted by Gasteiger charge is -2.35. The smallest absolute Gasteiger partial charge is 0.200 e. The SMILES string of the molecule is CCCC[C@@H](c1ccc(O)c(O)c1O)N1CCNCC1.Cl.Cl. The number of hydrogen-bond donors (Lipinski definition) is 4. The van der Waals surface area contributed by atoms with E-state index < -0.39 is 5.75 Å². The van der Waals surface area contributed by atoms with Crippen molar-refractivity contribution in [1.82, 2.24) is 10.2 Å². The Kier molecular flexibility index (Phi) is 9.60. The standard InChI is InChI=1S/C15H24N2O3.2ClH/c1-2-3-4-12(17-9-7-16-8-10-17)11-5-6-13(18)15(20)14(11)19;;/h5-6,12,16,18-20H,2-4,7-10H2,1H3;2*1H/t12-;;/m0../s1. The fraction of sp³-hybridized carbons (Fsp3) is 0.600. The quantitative estimate of drug-likeness (QED) is 0.613. The molecule has 1 fully saturated rings. The summed E-state index contributed by atoms with van der Waals surface area (Å²) in [4.78, 5) is 2.33. The molecule has 1 aliphatic rings. The molecule has 1 heterocycles. The fourth-order valence-electron chi connectivity index (χ4n) is 2.78. The molecule has 22 heavy (non-hydrogen) atoms. The summed E-state index contributed by atoms with van der Waals surface area (Å²) in [5.74, 6) is -0.885. The third-order valence-electron chi connectivity index (χ3n) is 3.94. The van der Waals surface area contributed by atoms with Crippen LogP contribution in [0, 0.1) is 0 Å². The molecule has 0 bridgehead atoms. The molecule has 0 aliphatic carbocycles. The number of phenolic OH excluding ortho intramolecular Hbond substituents is 3. The predicted octanol–water partition coefficient (Wildman–Crippen LogP) is 2.78. The second-order valence-corrected chi connectivity index (χ2v) is 5.32. The molecule has 0 radical (unpaired) electrons. The van der Waals surface area contributed by atoms with Gasteiger partial charge in [-0.25, -0.2) is 0 Å². The van der Waals surface area contributed by atoms with Gasteiger partial charge in [0.15, 0.2) is 11.5 Å². The molecule has 7 heteroatoms. The van der Waals surface area contributed by atoms with Gasteiger partial charge in [0, 0.05) is 37.8 Å². The van der Waals surface area contributed by atoms with Crippen LogP contribution in [0.1, 0.15) is 37.8 Å². The second kappa shape index (κ2) is 10.0. The maximum absolute atomic E-state index is 10.1. The fourth-order valence-corrected chi connectivity index (χ4v) is 2.78. The highest BCUT2D eigenvalue weighted by Gasteiger charge is 2.25. The van der Waals surface area contributed by atoms with Crippen LogP contribution in [0.4, 0.5) is 0 Å². The summed E-state index contributed by atoms with van der Waals surface area (Å²) in [5, 5.41) is 32.6. The van der Waals surface area contributed by atoms with Crippen LogP contribution in [0.25, 0.3) is 0 Å². The van der Waals surface area contributed by atoms with E-state index >= 15 is 0 Å². The number of rotatable bonds is 5. The Morgan fingerprint density at radius 1 is 1.09 bits per heavy atom. The summed E-state index contributed by atoms with van der Waals surface area (Å²) >= 11 is 0. The molecule has 1 atom stereocenters. The highest BCUT2D eigenvalue weighted by atomic mass is 35.5. The predicted molar refractivity (Wildman–Crippen MR) is 92.6 cm³/mol. The Labute approximate surface area is 144 Å². The van der Waals surface area contributed by atoms with Crippen LogP contribution in [0.15, 0.2) is 12.1 Å². The molecule has 2 rings (SSSR count). The third kappa shape index (κ3) is 4.81. The van der Waals surface area contributed by atoms with Gasteiger partial charge in [-0.15, -0.1) is 24.8 Å². The van der Waals surface area contributed by atoms with Gasteiger partial charge in [-0.05, 0) is 18.6 Å². The van der Waals surface area contributed by atoms with Crippen LogP contribution in [0.3, 0.4) is 0 Å². The molecule has 1 saturated heterocycles. The molecule has 4 N–H and O–H groups in total. The molecule has 0 amide bonds. The van der Waals surface area contributed by atoms with Crippen LogP contribution < -0.4 is 5.32 Å². The zero-order chi connectivity index (χ0) is 14.5. The molecule has 1 aromatic carbocycles. The van der Waals surface area contributed by atoms with Gasteiger partial charge in [0.25, 0.3) is 0 Å². The van der Waals surface area contributed by atoms with E-state index in [9.17, 15) is 15.3 Å². The Morgan fingerprint density at radius 2 is 1.73 bits per heavy atom. The number of halogens is 2. The van der Waals surface area contributed by atoms with E-state index in [2.05, 4.69) is 17.1 Å². The lowest BCUT2D eigenvalue weighted by Crippen LogP contribution is -2.45. The van der Waals surface area contributed by atoms with Crippen molar-refractivity contribution >= 4 is 24.8 Å². The Hall–Kier alpha value is -0.880. The minimum atomic E-state index is -0.417. The topological polar surface area (TPSA) is 76.0 Å². The average Bonchev–Trinajstić information content (AvgIpc) is 2.48. The van der Waals surface area contributed by atoms with Crippen LogP contribution in [-0.4, -0.2) is 46.4 Å². The van der Waals surface area contributed by atoms with E-state index in [1.54, 1.807) is 6.07 Å². The van der Waals surface area contributed by atoms with Crippen molar-refractivity contribution in [2.75, 3.05) is 26.2 Å². The van der Waals surface area contributed by atoms with Gasteiger partial charge >= 0.3 is 0 Å². The zero-order valence-electron chi connectivity index (χ0n) is 12.8. The van der Waals surface area contributed by atoms with Crippen molar-refractivity contribution < 1.29 is 15.3 Å². The number of aromatic hydroxyl groups is 3. The molecular weight excluding hydrogens is 327 g/mol. The van der Waals surface area contributed by atoms with E-state index in [-0.39, 0.29) is 42.4 Å². The monoisotopic (exact) mass is 352 g/mol. The summed E-state index contributed by atoms with van der Waals surface area (Å²) < 4.78 is 0. The van der Waals surface area contributed by atoms with E-state index in [1.807, 2.05) is 0 Å². The first-order valence-electron chi connectivity index (χ1n) is 7.33. The van der Waals surface area contributed by atoms with E-state index in [4.69, 9.17) is 0 Å². The lowest BCUT2D eigenvalue weighted by molar-refractivity contribution is 0.160. The molecule has 1 aromatic rings. The number of nitrogens with one attached hydrogen (secondary N) is 1. The minimum absolute atomic E-state index is 0. The van der Waals surface area contributed by atoms with Crippen molar-refractivity contribution in [3.8, 4) is 17.2 Å². The van der Waals surface area contributed by atoms with Gasteiger partial charge in [-0.2, -0.15) is 0 Å². The van der Waals surface area contributed by atoms with E-state index in [0.717, 1.165) is 45.4 Å². The summed E-state index contributed by atoms with van der Waals surface area (Å²) in [7, 11) is 0. The lowest BCUT2D eigenvalue weighted by atomic mass is 9.97. The van der Waals surface area contributed by atoms with Crippen LogP contribution >= 0.6 is 24.8 Å². The third-order valence-corrected chi connectivity index (χ3v) is 3.94. The number of unbranched alkanes of at least 4 members (excludes halogenated alkanes) is 1. The summed E-state index contributed by atoms with van der Waals surface area (Å²) in [5.41, 5.74) is 0.704. The van der Waals surface area contributed by atoms with Gasteiger partial charge in [0.05, 0.1) is 0 Å². The highest BCUT2D eigenvalue weighted by molar-refractivity contribution is 5.85. The Morgan fingerprint density at radius 3 is 2.32 bits per heavy atom. The normalized spacial score (nSPS) is 16.4. The molecule has 0 unspecified atom stereocenters. The second-order valence-electron chi connectivity index (χ2n) is 5.32. The van der Waals surface area contributed by atoms with Crippen molar-refractivity contribution in [2.24, 2.45) is 0 Å². The van der Waals surface area contributed by atoms with Gasteiger partial charge in [-0.1, -0.05) is 19.8 Å². The highest BCUT2D eigenvalue weighted by Crippen LogP contribution is 2.42. The summed E-state index contributed by atoms with van der Waals surface area (Å²) in [6.45, 7) is 5.87. The van der Waals surface area contributed by atoms with E-state index in [1.165, 1.54) is 6.07 Å². The van der Waals surface area contributed by atoms with Gasteiger partial charge in [0.1, 0.15) is 0 Å². The Balaban J connectivity index is 0.00000220. The largest absolute Gasteiger partial charge is 0.504 e. The number of hydrogen-bond acceptors (Lipinski definition) is 5. The summed E-state index contributed by atoms with van der Waals surface area (Å²) in [6.07, 6.45) is 3.09. The summed E-state index contributed by atoms with van der Waals surface area (Å²) in [6, 6.07) is 3.25. The van der Waals surface area contributed by atoms with Crippen LogP contribution in [0.5, 0.6) is 17.2 Å². The molecular formula is C15H26Cl2N2O3. The maximum Gasteiger partial charge on any atom is 0.200 e. The molecule has 0 spiro atoms. The first-order valence-corrected chi connectivity index (χ1v) is 7.33. The molecule has 0 aromatic heterocycles. The van der Waals surface area contributed by atoms with Crippen molar-refractivity contribution in [3.63, 3.8) is 0 Å². The van der Waals surface area contributed by atoms with E-state index in [0.29, 0.717) is 5.56 Å². The number of phenols is 3.